The van der Waals surface area contributed by atoms with Crippen molar-refractivity contribution < 1.29 is 17.9 Å². The fraction of sp³-hybridized carbons (Fsp3) is 0.391. The lowest BCUT2D eigenvalue weighted by molar-refractivity contribution is 0.0680. The Morgan fingerprint density at radius 3 is 2.68 bits per heavy atom. The highest BCUT2D eigenvalue weighted by molar-refractivity contribution is 7.89. The fourth-order valence-electron chi connectivity index (χ4n) is 3.81. The van der Waals surface area contributed by atoms with Crippen molar-refractivity contribution in [2.75, 3.05) is 20.2 Å². The van der Waals surface area contributed by atoms with Crippen LogP contribution in [-0.2, 0) is 10.0 Å². The number of nitrogens with zero attached hydrogens (tertiary/aromatic N) is 2. The highest BCUT2D eigenvalue weighted by Gasteiger charge is 2.28. The minimum Gasteiger partial charge on any atom is -0.497 e. The van der Waals surface area contributed by atoms with E-state index in [1.165, 1.54) is 12.1 Å². The topological polar surface area (TPSA) is 99.5 Å². The van der Waals surface area contributed by atoms with Crippen molar-refractivity contribution in [2.45, 2.75) is 43.0 Å². The first-order valence-corrected chi connectivity index (χ1v) is 11.9. The zero-order valence-corrected chi connectivity index (χ0v) is 18.4. The van der Waals surface area contributed by atoms with E-state index in [0.717, 1.165) is 37.0 Å². The zero-order chi connectivity index (χ0) is 22.3. The van der Waals surface area contributed by atoms with Crippen LogP contribution in [0.3, 0.4) is 0 Å². The lowest BCUT2D eigenvalue weighted by Gasteiger charge is -2.31. The van der Waals surface area contributed by atoms with Crippen LogP contribution < -0.4 is 9.46 Å². The summed E-state index contributed by atoms with van der Waals surface area (Å²) in [5, 5.41) is 8.62. The minimum absolute atomic E-state index is 0.0205. The molecule has 1 fully saturated rings. The van der Waals surface area contributed by atoms with Crippen molar-refractivity contribution in [1.29, 1.82) is 5.26 Å². The maximum Gasteiger partial charge on any atom is 0.254 e. The molecule has 0 aliphatic carbocycles. The minimum atomic E-state index is -3.79. The molecule has 0 aromatic heterocycles. The van der Waals surface area contributed by atoms with E-state index in [0.29, 0.717) is 12.1 Å². The summed E-state index contributed by atoms with van der Waals surface area (Å²) in [6.45, 7) is 0.648. The molecule has 1 atom stereocenters. The van der Waals surface area contributed by atoms with E-state index in [1.54, 1.807) is 19.2 Å². The van der Waals surface area contributed by atoms with Gasteiger partial charge in [0.05, 0.1) is 24.1 Å². The summed E-state index contributed by atoms with van der Waals surface area (Å²) in [7, 11) is -2.17. The van der Waals surface area contributed by atoms with E-state index in [4.69, 9.17) is 10.00 Å². The average molecular weight is 442 g/mol. The standard InChI is InChI=1S/C23H27N3O4S/c1-30-20-12-10-18(11-13-20)22-9-3-2-4-16-26(22)23(27)19-7-5-8-21(17-19)31(28,29)25-15-6-14-24/h5,7-8,10-13,17,22,25H,2-4,6,9,15-16H2,1H3/t22-/m1/s1. The predicted octanol–water partition coefficient (Wildman–Crippen LogP) is 3.64. The summed E-state index contributed by atoms with van der Waals surface area (Å²) in [5.41, 5.74) is 1.38. The van der Waals surface area contributed by atoms with E-state index in [1.807, 2.05) is 35.2 Å². The van der Waals surface area contributed by atoms with Gasteiger partial charge in [0.1, 0.15) is 5.75 Å². The van der Waals surface area contributed by atoms with Gasteiger partial charge >= 0.3 is 0 Å². The second kappa shape index (κ2) is 10.4. The number of nitriles is 1. The van der Waals surface area contributed by atoms with Crippen LogP contribution in [0.25, 0.3) is 0 Å². The number of likely N-dealkylation sites (tertiary alicyclic amines) is 1. The second-order valence-corrected chi connectivity index (χ2v) is 9.24. The summed E-state index contributed by atoms with van der Waals surface area (Å²) in [6.07, 6.45) is 3.92. The van der Waals surface area contributed by atoms with Crippen LogP contribution in [-0.4, -0.2) is 39.4 Å². The van der Waals surface area contributed by atoms with Gasteiger partial charge in [0.25, 0.3) is 5.91 Å². The number of hydrogen-bond donors (Lipinski definition) is 1. The molecule has 0 saturated carbocycles. The summed E-state index contributed by atoms with van der Waals surface area (Å²) in [4.78, 5) is 15.3. The third kappa shape index (κ3) is 5.63. The maximum absolute atomic E-state index is 13.4. The molecule has 1 N–H and O–H groups in total. The van der Waals surface area contributed by atoms with Crippen molar-refractivity contribution in [2.24, 2.45) is 0 Å². The molecule has 1 aliphatic rings. The Morgan fingerprint density at radius 2 is 1.97 bits per heavy atom. The van der Waals surface area contributed by atoms with Gasteiger partial charge in [-0.2, -0.15) is 5.26 Å². The largest absolute Gasteiger partial charge is 0.497 e. The van der Waals surface area contributed by atoms with Crippen molar-refractivity contribution in [3.8, 4) is 11.8 Å². The Labute approximate surface area is 183 Å². The molecule has 0 radical (unpaired) electrons. The summed E-state index contributed by atoms with van der Waals surface area (Å²) in [5.74, 6) is 0.578. The third-order valence-corrected chi connectivity index (χ3v) is 6.89. The summed E-state index contributed by atoms with van der Waals surface area (Å²) < 4.78 is 32.6. The Kier molecular flexibility index (Phi) is 7.66. The number of hydrogen-bond acceptors (Lipinski definition) is 5. The number of amides is 1. The van der Waals surface area contributed by atoms with E-state index >= 15 is 0 Å². The Morgan fingerprint density at radius 1 is 1.19 bits per heavy atom. The first-order valence-electron chi connectivity index (χ1n) is 10.4. The zero-order valence-electron chi connectivity index (χ0n) is 17.6. The molecule has 1 aliphatic heterocycles. The molecule has 31 heavy (non-hydrogen) atoms. The second-order valence-electron chi connectivity index (χ2n) is 7.47. The Balaban J connectivity index is 1.87. The monoisotopic (exact) mass is 441 g/mol. The van der Waals surface area contributed by atoms with Crippen LogP contribution in [0, 0.1) is 11.3 Å². The smallest absolute Gasteiger partial charge is 0.254 e. The van der Waals surface area contributed by atoms with Gasteiger partial charge in [-0.25, -0.2) is 13.1 Å². The molecular weight excluding hydrogens is 414 g/mol. The van der Waals surface area contributed by atoms with Gasteiger partial charge in [-0.05, 0) is 48.7 Å². The van der Waals surface area contributed by atoms with Gasteiger partial charge < -0.3 is 9.64 Å². The summed E-state index contributed by atoms with van der Waals surface area (Å²) >= 11 is 0. The van der Waals surface area contributed by atoms with Crippen LogP contribution >= 0.6 is 0 Å². The molecule has 7 nitrogen and oxygen atoms in total. The lowest BCUT2D eigenvalue weighted by atomic mass is 10.00. The molecule has 1 amide bonds. The fourth-order valence-corrected chi connectivity index (χ4v) is 4.89. The van der Waals surface area contributed by atoms with Gasteiger partial charge in [0.15, 0.2) is 0 Å². The first kappa shape index (κ1) is 22.8. The number of benzene rings is 2. The molecule has 0 spiro atoms. The van der Waals surface area contributed by atoms with Crippen LogP contribution in [0.2, 0.25) is 0 Å². The molecule has 1 saturated heterocycles. The SMILES string of the molecule is COc1ccc([C@H]2CCCCCN2C(=O)c2cccc(S(=O)(=O)NCCC#N)c2)cc1. The lowest BCUT2D eigenvalue weighted by Crippen LogP contribution is -2.35. The van der Waals surface area contributed by atoms with Gasteiger partial charge in [0, 0.05) is 25.1 Å². The Bertz CT molecular complexity index is 1050. The molecule has 8 heteroatoms. The molecule has 0 unspecified atom stereocenters. The molecular formula is C23H27N3O4S. The van der Waals surface area contributed by atoms with Gasteiger partial charge in [-0.3, -0.25) is 4.79 Å². The molecule has 164 valence electrons. The van der Waals surface area contributed by atoms with E-state index < -0.39 is 10.0 Å². The van der Waals surface area contributed by atoms with Crippen LogP contribution in [0.4, 0.5) is 0 Å². The molecule has 2 aromatic rings. The Hall–Kier alpha value is -2.89. The van der Waals surface area contributed by atoms with Gasteiger partial charge in [-0.15, -0.1) is 0 Å². The van der Waals surface area contributed by atoms with Crippen molar-refractivity contribution in [3.63, 3.8) is 0 Å². The van der Waals surface area contributed by atoms with Gasteiger partial charge in [-0.1, -0.05) is 31.0 Å². The van der Waals surface area contributed by atoms with Crippen molar-refractivity contribution in [3.05, 3.63) is 59.7 Å². The molecule has 0 bridgehead atoms. The number of carbonyl (C=O) groups excluding carboxylic acids is 1. The summed E-state index contributed by atoms with van der Waals surface area (Å²) in [6, 6.07) is 15.7. The average Bonchev–Trinajstić information content (AvgIpc) is 3.05. The highest BCUT2D eigenvalue weighted by atomic mass is 32.2. The quantitative estimate of drug-likeness (QED) is 0.661. The van der Waals surface area contributed by atoms with Crippen molar-refractivity contribution >= 4 is 15.9 Å². The van der Waals surface area contributed by atoms with Crippen LogP contribution in [0.15, 0.2) is 53.4 Å². The number of carbonyl (C=O) groups is 1. The van der Waals surface area contributed by atoms with Gasteiger partial charge in [0.2, 0.25) is 10.0 Å². The number of rotatable bonds is 7. The molecule has 2 aromatic carbocycles. The third-order valence-electron chi connectivity index (χ3n) is 5.43. The van der Waals surface area contributed by atoms with E-state index in [-0.39, 0.29) is 29.8 Å². The van der Waals surface area contributed by atoms with Crippen LogP contribution in [0.1, 0.15) is 54.1 Å². The highest BCUT2D eigenvalue weighted by Crippen LogP contribution is 2.32. The predicted molar refractivity (Wildman–Crippen MR) is 117 cm³/mol. The number of sulfonamides is 1. The van der Waals surface area contributed by atoms with Crippen molar-refractivity contribution in [1.82, 2.24) is 9.62 Å². The number of nitrogens with one attached hydrogen (secondary N) is 1. The normalized spacial score (nSPS) is 16.9. The molecule has 3 rings (SSSR count). The molecule has 1 heterocycles. The number of methoxy groups -OCH3 is 1. The van der Waals surface area contributed by atoms with Crippen LogP contribution in [0.5, 0.6) is 5.75 Å². The first-order chi connectivity index (χ1) is 15.0. The number of ether oxygens (including phenoxy) is 1. The maximum atomic E-state index is 13.4. The van der Waals surface area contributed by atoms with E-state index in [9.17, 15) is 13.2 Å². The van der Waals surface area contributed by atoms with E-state index in [2.05, 4.69) is 4.72 Å².